The normalized spacial score (nSPS) is 11.0. The van der Waals surface area contributed by atoms with Crippen LogP contribution in [0.3, 0.4) is 0 Å². The zero-order chi connectivity index (χ0) is 15.0. The van der Waals surface area contributed by atoms with Gasteiger partial charge in [-0.15, -0.1) is 5.10 Å². The highest BCUT2D eigenvalue weighted by Gasteiger charge is 2.16. The van der Waals surface area contributed by atoms with Gasteiger partial charge in [0.2, 0.25) is 5.28 Å². The van der Waals surface area contributed by atoms with Gasteiger partial charge in [0.05, 0.1) is 6.54 Å². The molecule has 0 bridgehead atoms. The van der Waals surface area contributed by atoms with E-state index >= 15 is 0 Å². The van der Waals surface area contributed by atoms with Crippen molar-refractivity contribution >= 4 is 28.6 Å². The number of halogens is 2. The van der Waals surface area contributed by atoms with Gasteiger partial charge in [-0.1, -0.05) is 23.4 Å². The fourth-order valence-electron chi connectivity index (χ4n) is 2.02. The van der Waals surface area contributed by atoms with Crippen molar-refractivity contribution in [2.24, 2.45) is 0 Å². The molecule has 1 aromatic carbocycles. The quantitative estimate of drug-likeness (QED) is 0.694. The van der Waals surface area contributed by atoms with Crippen molar-refractivity contribution in [1.29, 1.82) is 0 Å². The summed E-state index contributed by atoms with van der Waals surface area (Å²) in [5.74, 6) is 0.277. The van der Waals surface area contributed by atoms with E-state index < -0.39 is 0 Å². The summed E-state index contributed by atoms with van der Waals surface area (Å²) in [7, 11) is 3.65. The Bertz CT molecular complexity index is 800. The third kappa shape index (κ3) is 2.52. The molecule has 108 valence electrons. The molecular formula is C13H12ClFN6. The number of anilines is 1. The average Bonchev–Trinajstić information content (AvgIpc) is 2.83. The van der Waals surface area contributed by atoms with Crippen LogP contribution in [-0.2, 0) is 6.54 Å². The lowest BCUT2D eigenvalue weighted by atomic mass is 10.2. The predicted molar refractivity (Wildman–Crippen MR) is 78.0 cm³/mol. The van der Waals surface area contributed by atoms with Crippen LogP contribution in [0.1, 0.15) is 5.56 Å². The van der Waals surface area contributed by atoms with Crippen LogP contribution in [0.5, 0.6) is 0 Å². The van der Waals surface area contributed by atoms with Crippen LogP contribution in [0.2, 0.25) is 5.28 Å². The van der Waals surface area contributed by atoms with Gasteiger partial charge in [0.25, 0.3) is 0 Å². The molecule has 0 spiro atoms. The molecule has 0 saturated heterocycles. The molecule has 0 amide bonds. The van der Waals surface area contributed by atoms with Gasteiger partial charge < -0.3 is 4.90 Å². The van der Waals surface area contributed by atoms with Crippen LogP contribution >= 0.6 is 11.6 Å². The summed E-state index contributed by atoms with van der Waals surface area (Å²) in [6.07, 6.45) is 0. The summed E-state index contributed by atoms with van der Waals surface area (Å²) in [4.78, 5) is 10.1. The van der Waals surface area contributed by atoms with Gasteiger partial charge in [0.15, 0.2) is 17.0 Å². The first-order chi connectivity index (χ1) is 10.1. The maximum Gasteiger partial charge on any atom is 0.226 e. The van der Waals surface area contributed by atoms with E-state index in [9.17, 15) is 4.39 Å². The summed E-state index contributed by atoms with van der Waals surface area (Å²) in [6.45, 7) is 0.226. The van der Waals surface area contributed by atoms with Crippen molar-refractivity contribution in [2.45, 2.75) is 6.54 Å². The van der Waals surface area contributed by atoms with E-state index in [-0.39, 0.29) is 17.6 Å². The molecule has 0 unspecified atom stereocenters. The Morgan fingerprint density at radius 2 is 2.00 bits per heavy atom. The van der Waals surface area contributed by atoms with Crippen molar-refractivity contribution < 1.29 is 4.39 Å². The van der Waals surface area contributed by atoms with Crippen molar-refractivity contribution in [3.05, 3.63) is 40.9 Å². The molecule has 0 N–H and O–H groups in total. The first-order valence-corrected chi connectivity index (χ1v) is 6.61. The Morgan fingerprint density at radius 1 is 1.24 bits per heavy atom. The maximum atomic E-state index is 13.7. The molecule has 0 aliphatic heterocycles. The summed E-state index contributed by atoms with van der Waals surface area (Å²) >= 11 is 5.94. The van der Waals surface area contributed by atoms with Crippen molar-refractivity contribution in [3.63, 3.8) is 0 Å². The highest BCUT2D eigenvalue weighted by molar-refractivity contribution is 6.28. The molecule has 0 aliphatic rings. The number of aromatic nitrogens is 5. The third-order valence-corrected chi connectivity index (χ3v) is 3.19. The Balaban J connectivity index is 2.10. The van der Waals surface area contributed by atoms with E-state index in [0.29, 0.717) is 22.5 Å². The van der Waals surface area contributed by atoms with E-state index in [1.165, 1.54) is 10.7 Å². The minimum absolute atomic E-state index is 0.100. The number of rotatable bonds is 3. The second-order valence-corrected chi connectivity index (χ2v) is 5.06. The Morgan fingerprint density at radius 3 is 2.71 bits per heavy atom. The van der Waals surface area contributed by atoms with Crippen LogP contribution in [0.15, 0.2) is 24.3 Å². The summed E-state index contributed by atoms with van der Waals surface area (Å²) < 4.78 is 15.2. The number of hydrogen-bond donors (Lipinski definition) is 0. The number of benzene rings is 1. The molecular weight excluding hydrogens is 295 g/mol. The largest absolute Gasteiger partial charge is 0.361 e. The number of fused-ring (bicyclic) bond motifs is 1. The van der Waals surface area contributed by atoms with E-state index in [2.05, 4.69) is 20.3 Å². The lowest BCUT2D eigenvalue weighted by Crippen LogP contribution is -2.12. The van der Waals surface area contributed by atoms with Crippen LogP contribution in [0.25, 0.3) is 11.2 Å². The van der Waals surface area contributed by atoms with E-state index in [1.807, 2.05) is 14.1 Å². The van der Waals surface area contributed by atoms with Gasteiger partial charge >= 0.3 is 0 Å². The van der Waals surface area contributed by atoms with E-state index in [0.717, 1.165) is 0 Å². The lowest BCUT2D eigenvalue weighted by Gasteiger charge is -2.11. The first kappa shape index (κ1) is 13.7. The fraction of sp³-hybridized carbons (Fsp3) is 0.231. The molecule has 3 rings (SSSR count). The molecule has 0 saturated carbocycles. The van der Waals surface area contributed by atoms with Gasteiger partial charge in [0, 0.05) is 19.7 Å². The molecule has 8 heteroatoms. The Labute approximate surface area is 125 Å². The Kier molecular flexibility index (Phi) is 3.42. The van der Waals surface area contributed by atoms with Crippen LogP contribution in [0.4, 0.5) is 10.2 Å². The van der Waals surface area contributed by atoms with Crippen LogP contribution in [0, 0.1) is 5.82 Å². The fourth-order valence-corrected chi connectivity index (χ4v) is 2.18. The molecule has 0 fully saturated rings. The van der Waals surface area contributed by atoms with E-state index in [4.69, 9.17) is 11.6 Å². The number of nitrogens with zero attached hydrogens (tertiary/aromatic N) is 6. The second kappa shape index (κ2) is 5.25. The SMILES string of the molecule is CN(C)c1nc(Cl)nc2c1nnn2Cc1ccccc1F. The van der Waals surface area contributed by atoms with Gasteiger partial charge in [-0.2, -0.15) is 9.97 Å². The first-order valence-electron chi connectivity index (χ1n) is 6.23. The summed E-state index contributed by atoms with van der Waals surface area (Å²) in [5.41, 5.74) is 1.51. The highest BCUT2D eigenvalue weighted by Crippen LogP contribution is 2.22. The van der Waals surface area contributed by atoms with Crippen molar-refractivity contribution in [2.75, 3.05) is 19.0 Å². The van der Waals surface area contributed by atoms with Gasteiger partial charge in [0.1, 0.15) is 5.82 Å². The molecule has 21 heavy (non-hydrogen) atoms. The monoisotopic (exact) mass is 306 g/mol. The molecule has 0 radical (unpaired) electrons. The smallest absolute Gasteiger partial charge is 0.226 e. The molecule has 2 heterocycles. The average molecular weight is 307 g/mol. The molecule has 6 nitrogen and oxygen atoms in total. The lowest BCUT2D eigenvalue weighted by molar-refractivity contribution is 0.582. The minimum atomic E-state index is -0.297. The molecule has 0 atom stereocenters. The Hall–Kier alpha value is -2.28. The van der Waals surface area contributed by atoms with Crippen LogP contribution < -0.4 is 4.90 Å². The van der Waals surface area contributed by atoms with Crippen LogP contribution in [-0.4, -0.2) is 39.1 Å². The summed E-state index contributed by atoms with van der Waals surface area (Å²) in [5, 5.41) is 8.20. The van der Waals surface area contributed by atoms with Gasteiger partial charge in [-0.3, -0.25) is 0 Å². The van der Waals surface area contributed by atoms with Crippen molar-refractivity contribution in [1.82, 2.24) is 25.0 Å². The minimum Gasteiger partial charge on any atom is -0.361 e. The van der Waals surface area contributed by atoms with Gasteiger partial charge in [-0.25, -0.2) is 9.07 Å². The topological polar surface area (TPSA) is 59.7 Å². The zero-order valence-electron chi connectivity index (χ0n) is 11.5. The standard InChI is InChI=1S/C13H12ClFN6/c1-20(2)11-10-12(17-13(14)16-11)21(19-18-10)7-8-5-3-4-6-9(8)15/h3-6H,7H2,1-2H3. The van der Waals surface area contributed by atoms with Gasteiger partial charge in [-0.05, 0) is 17.7 Å². The number of hydrogen-bond acceptors (Lipinski definition) is 5. The molecule has 0 aliphatic carbocycles. The predicted octanol–water partition coefficient (Wildman–Crippen LogP) is 2.13. The highest BCUT2D eigenvalue weighted by atomic mass is 35.5. The second-order valence-electron chi connectivity index (χ2n) is 4.72. The maximum absolute atomic E-state index is 13.7. The molecule has 3 aromatic rings. The zero-order valence-corrected chi connectivity index (χ0v) is 12.2. The van der Waals surface area contributed by atoms with E-state index in [1.54, 1.807) is 23.1 Å². The molecule has 2 aromatic heterocycles. The summed E-state index contributed by atoms with van der Waals surface area (Å²) in [6, 6.07) is 6.51. The van der Waals surface area contributed by atoms with Crippen molar-refractivity contribution in [3.8, 4) is 0 Å². The third-order valence-electron chi connectivity index (χ3n) is 3.02.